The first-order chi connectivity index (χ1) is 21.1. The lowest BCUT2D eigenvalue weighted by atomic mass is 10.0. The van der Waals surface area contributed by atoms with Crippen molar-refractivity contribution in [3.05, 3.63) is 78.0 Å². The molecule has 1 aromatic heterocycles. The van der Waals surface area contributed by atoms with Gasteiger partial charge in [-0.1, -0.05) is 12.1 Å². The molecule has 0 aliphatic carbocycles. The number of halogens is 2. The number of nitrogens with two attached hydrogens (primary N) is 1. The van der Waals surface area contributed by atoms with Crippen LogP contribution < -0.4 is 30.6 Å². The summed E-state index contributed by atoms with van der Waals surface area (Å²) in [5.41, 5.74) is 8.11. The van der Waals surface area contributed by atoms with E-state index < -0.39 is 24.0 Å². The molecule has 4 aromatic rings. The number of fused-ring (bicyclic) bond motifs is 2. The number of nitrogens with zero attached hydrogens (tertiary/aromatic N) is 2. The molecule has 0 saturated carbocycles. The Hall–Kier alpha value is -4.71. The molecule has 0 fully saturated rings. The summed E-state index contributed by atoms with van der Waals surface area (Å²) < 4.78 is 46.8. The van der Waals surface area contributed by atoms with Crippen molar-refractivity contribution in [2.75, 3.05) is 26.3 Å². The van der Waals surface area contributed by atoms with Gasteiger partial charge in [0.2, 0.25) is 0 Å². The lowest BCUT2D eigenvalue weighted by molar-refractivity contribution is -0.144. The normalized spacial score (nSPS) is 14.1. The van der Waals surface area contributed by atoms with Gasteiger partial charge in [-0.15, -0.1) is 0 Å². The Morgan fingerprint density at radius 1 is 1.07 bits per heavy atom. The number of hydrogen-bond donors (Lipinski definition) is 3. The maximum Gasteiger partial charge on any atom is 0.321 e. The molecule has 10 nitrogen and oxygen atoms in total. The SMILES string of the molecule is C[C@H](NC(=O)C(C)(F)F)[C@H](Oc1ccc2c(cnn2-c2cccc(C(=O)NCCCCN)c2)c1)c1ccc2c(c1)OCCO2. The summed E-state index contributed by atoms with van der Waals surface area (Å²) in [7, 11) is 0. The van der Waals surface area contributed by atoms with E-state index in [1.807, 2.05) is 12.1 Å². The van der Waals surface area contributed by atoms with Gasteiger partial charge in [0, 0.05) is 24.4 Å². The Labute approximate surface area is 253 Å². The minimum absolute atomic E-state index is 0.178. The van der Waals surface area contributed by atoms with Gasteiger partial charge in [-0.25, -0.2) is 4.68 Å². The standard InChI is InChI=1S/C32H35F2N5O5/c1-20(38-31(41)32(2,33)34)29(21-8-11-27-28(18-21)43-15-14-42-27)44-25-9-10-26-23(17-25)19-37-39(26)24-7-5-6-22(16-24)30(40)36-13-4-3-12-35/h5-11,16-20,29H,3-4,12-15,35H2,1-2H3,(H,36,40)(H,38,41)/t20-,29-/m0/s1. The minimum atomic E-state index is -3.55. The number of nitrogens with one attached hydrogen (secondary N) is 2. The maximum absolute atomic E-state index is 13.7. The predicted octanol–water partition coefficient (Wildman–Crippen LogP) is 4.55. The van der Waals surface area contributed by atoms with E-state index in [0.717, 1.165) is 23.7 Å². The molecule has 44 heavy (non-hydrogen) atoms. The van der Waals surface area contributed by atoms with Crippen molar-refractivity contribution >= 4 is 22.7 Å². The zero-order valence-corrected chi connectivity index (χ0v) is 24.5. The van der Waals surface area contributed by atoms with E-state index in [1.54, 1.807) is 66.3 Å². The van der Waals surface area contributed by atoms with Gasteiger partial charge >= 0.3 is 5.92 Å². The molecule has 4 N–H and O–H groups in total. The molecule has 0 radical (unpaired) electrons. The van der Waals surface area contributed by atoms with Gasteiger partial charge in [0.25, 0.3) is 11.8 Å². The molecular formula is C32H35F2N5O5. The van der Waals surface area contributed by atoms with Crippen LogP contribution in [0.2, 0.25) is 0 Å². The molecule has 2 atom stereocenters. The predicted molar refractivity (Wildman–Crippen MR) is 161 cm³/mol. The molecule has 1 aliphatic rings. The first-order valence-electron chi connectivity index (χ1n) is 14.5. The van der Waals surface area contributed by atoms with Crippen LogP contribution in [0.4, 0.5) is 8.78 Å². The summed E-state index contributed by atoms with van der Waals surface area (Å²) in [6.07, 6.45) is 2.47. The van der Waals surface area contributed by atoms with Crippen molar-refractivity contribution < 1.29 is 32.6 Å². The first-order valence-corrected chi connectivity index (χ1v) is 14.5. The molecular weight excluding hydrogens is 572 g/mol. The number of amides is 2. The van der Waals surface area contributed by atoms with E-state index in [-0.39, 0.29) is 5.91 Å². The molecule has 0 unspecified atom stereocenters. The highest BCUT2D eigenvalue weighted by atomic mass is 19.3. The number of rotatable bonds is 12. The number of unbranched alkanes of at least 4 members (excludes halogenated alkanes) is 1. The number of hydrogen-bond acceptors (Lipinski definition) is 7. The van der Waals surface area contributed by atoms with Crippen molar-refractivity contribution in [1.82, 2.24) is 20.4 Å². The van der Waals surface area contributed by atoms with E-state index in [0.29, 0.717) is 67.3 Å². The Kier molecular flexibility index (Phi) is 9.29. The fourth-order valence-corrected chi connectivity index (χ4v) is 4.89. The number of carbonyl (C=O) groups excluding carboxylic acids is 2. The quantitative estimate of drug-likeness (QED) is 0.202. The summed E-state index contributed by atoms with van der Waals surface area (Å²) >= 11 is 0. The number of alkyl halides is 2. The van der Waals surface area contributed by atoms with Crippen LogP contribution in [0.25, 0.3) is 16.6 Å². The average molecular weight is 608 g/mol. The molecule has 5 rings (SSSR count). The van der Waals surface area contributed by atoms with Crippen LogP contribution in [0.1, 0.15) is 48.7 Å². The molecule has 1 aliphatic heterocycles. The maximum atomic E-state index is 13.7. The van der Waals surface area contributed by atoms with E-state index in [1.165, 1.54) is 0 Å². The van der Waals surface area contributed by atoms with Crippen LogP contribution in [0.15, 0.2) is 66.9 Å². The average Bonchev–Trinajstić information content (AvgIpc) is 3.44. The van der Waals surface area contributed by atoms with Crippen molar-refractivity contribution in [2.24, 2.45) is 5.73 Å². The third kappa shape index (κ3) is 7.08. The molecule has 0 saturated heterocycles. The van der Waals surface area contributed by atoms with Crippen LogP contribution in [0, 0.1) is 0 Å². The van der Waals surface area contributed by atoms with Crippen LogP contribution >= 0.6 is 0 Å². The van der Waals surface area contributed by atoms with E-state index in [9.17, 15) is 18.4 Å². The molecule has 0 spiro atoms. The van der Waals surface area contributed by atoms with Gasteiger partial charge in [0.1, 0.15) is 25.1 Å². The Bertz CT molecular complexity index is 1640. The monoisotopic (exact) mass is 607 g/mol. The Balaban J connectivity index is 1.39. The van der Waals surface area contributed by atoms with Crippen LogP contribution in [0.3, 0.4) is 0 Å². The summed E-state index contributed by atoms with van der Waals surface area (Å²) in [6, 6.07) is 16.9. The molecule has 2 amide bonds. The summed E-state index contributed by atoms with van der Waals surface area (Å²) in [6.45, 7) is 4.07. The van der Waals surface area contributed by atoms with Crippen LogP contribution in [-0.2, 0) is 4.79 Å². The number of benzene rings is 3. The summed E-state index contributed by atoms with van der Waals surface area (Å²) in [4.78, 5) is 24.8. The smallest absolute Gasteiger partial charge is 0.321 e. The number of ether oxygens (including phenoxy) is 3. The highest BCUT2D eigenvalue weighted by molar-refractivity contribution is 5.95. The fraction of sp³-hybridized carbons (Fsp3) is 0.344. The minimum Gasteiger partial charge on any atom is -0.486 e. The fourth-order valence-electron chi connectivity index (χ4n) is 4.89. The topological polar surface area (TPSA) is 130 Å². The summed E-state index contributed by atoms with van der Waals surface area (Å²) in [5.74, 6) is -3.63. The Morgan fingerprint density at radius 3 is 2.64 bits per heavy atom. The first kappa shape index (κ1) is 30.7. The highest BCUT2D eigenvalue weighted by Crippen LogP contribution is 2.36. The largest absolute Gasteiger partial charge is 0.486 e. The third-order valence-corrected chi connectivity index (χ3v) is 7.18. The zero-order valence-electron chi connectivity index (χ0n) is 24.5. The molecule has 0 bridgehead atoms. The van der Waals surface area contributed by atoms with E-state index >= 15 is 0 Å². The molecule has 2 heterocycles. The van der Waals surface area contributed by atoms with Crippen molar-refractivity contribution in [2.45, 2.75) is 44.8 Å². The lowest BCUT2D eigenvalue weighted by Crippen LogP contribution is -2.46. The van der Waals surface area contributed by atoms with Crippen molar-refractivity contribution in [3.8, 4) is 22.9 Å². The van der Waals surface area contributed by atoms with Crippen LogP contribution in [-0.4, -0.2) is 59.9 Å². The molecule has 3 aromatic carbocycles. The number of carbonyl (C=O) groups is 2. The van der Waals surface area contributed by atoms with Gasteiger partial charge in [-0.2, -0.15) is 13.9 Å². The zero-order chi connectivity index (χ0) is 31.3. The summed E-state index contributed by atoms with van der Waals surface area (Å²) in [5, 5.41) is 10.6. The Morgan fingerprint density at radius 2 is 1.86 bits per heavy atom. The molecule has 232 valence electrons. The van der Waals surface area contributed by atoms with Crippen molar-refractivity contribution in [3.63, 3.8) is 0 Å². The second kappa shape index (κ2) is 13.3. The van der Waals surface area contributed by atoms with Gasteiger partial charge < -0.3 is 30.6 Å². The lowest BCUT2D eigenvalue weighted by Gasteiger charge is -2.28. The third-order valence-electron chi connectivity index (χ3n) is 7.18. The highest BCUT2D eigenvalue weighted by Gasteiger charge is 2.35. The molecule has 12 heteroatoms. The van der Waals surface area contributed by atoms with E-state index in [2.05, 4.69) is 15.7 Å². The van der Waals surface area contributed by atoms with Gasteiger partial charge in [-0.3, -0.25) is 9.59 Å². The second-order valence-corrected chi connectivity index (χ2v) is 10.7. The van der Waals surface area contributed by atoms with Gasteiger partial charge in [0.15, 0.2) is 11.5 Å². The van der Waals surface area contributed by atoms with Crippen LogP contribution in [0.5, 0.6) is 17.2 Å². The number of aromatic nitrogens is 2. The van der Waals surface area contributed by atoms with Gasteiger partial charge in [-0.05, 0) is 80.4 Å². The van der Waals surface area contributed by atoms with Crippen molar-refractivity contribution in [1.29, 1.82) is 0 Å². The second-order valence-electron chi connectivity index (χ2n) is 10.7. The van der Waals surface area contributed by atoms with E-state index in [4.69, 9.17) is 19.9 Å². The van der Waals surface area contributed by atoms with Gasteiger partial charge in [0.05, 0.1) is 23.4 Å².